The molecule has 0 radical (unpaired) electrons. The minimum absolute atomic E-state index is 0.147. The third-order valence-electron chi connectivity index (χ3n) is 3.39. The number of anilines is 1. The first-order valence-electron chi connectivity index (χ1n) is 5.93. The molecular weight excluding hydrogens is 234 g/mol. The van der Waals surface area contributed by atoms with Crippen LogP contribution in [0.2, 0.25) is 0 Å². The summed E-state index contributed by atoms with van der Waals surface area (Å²) >= 11 is 0. The fraction of sp³-hybridized carbons (Fsp3) is 0.500. The zero-order valence-electron chi connectivity index (χ0n) is 10.2. The molecule has 0 bridgehead atoms. The molecule has 0 aliphatic heterocycles. The molecule has 1 heterocycles. The largest absolute Gasteiger partial charge is 0.369 e. The molecule has 2 rings (SSSR count). The maximum absolute atomic E-state index is 11.2. The van der Waals surface area contributed by atoms with Crippen molar-refractivity contribution in [1.29, 1.82) is 0 Å². The molecule has 1 fully saturated rings. The Morgan fingerprint density at radius 3 is 2.56 bits per heavy atom. The Kier molecular flexibility index (Phi) is 3.55. The summed E-state index contributed by atoms with van der Waals surface area (Å²) in [5, 5.41) is 10.5. The lowest BCUT2D eigenvalue weighted by Crippen LogP contribution is -2.35. The van der Waals surface area contributed by atoms with Crippen molar-refractivity contribution >= 4 is 17.3 Å². The third kappa shape index (κ3) is 2.64. The van der Waals surface area contributed by atoms with Gasteiger partial charge in [-0.3, -0.25) is 4.79 Å². The fourth-order valence-electron chi connectivity index (χ4n) is 2.22. The molecule has 0 saturated heterocycles. The van der Waals surface area contributed by atoms with Crippen molar-refractivity contribution in [3.63, 3.8) is 0 Å². The minimum atomic E-state index is -0.511. The molecule has 0 unspecified atom stereocenters. The molecule has 6 heteroatoms. The van der Waals surface area contributed by atoms with Gasteiger partial charge in [-0.15, -0.1) is 0 Å². The van der Waals surface area contributed by atoms with Gasteiger partial charge in [-0.1, -0.05) is 0 Å². The van der Waals surface area contributed by atoms with Crippen molar-refractivity contribution in [2.45, 2.75) is 31.7 Å². The molecule has 1 aromatic heterocycles. The van der Waals surface area contributed by atoms with Crippen LogP contribution in [0, 0.1) is 10.1 Å². The number of aromatic nitrogens is 1. The molecule has 1 saturated carbocycles. The Labute approximate surface area is 105 Å². The van der Waals surface area contributed by atoms with Gasteiger partial charge in [0.25, 0.3) is 0 Å². The molecule has 1 aromatic rings. The monoisotopic (exact) mass is 249 g/mol. The van der Waals surface area contributed by atoms with Crippen molar-refractivity contribution < 1.29 is 9.72 Å². The fourth-order valence-corrected chi connectivity index (χ4v) is 2.22. The lowest BCUT2D eigenvalue weighted by molar-refractivity contribution is -0.389. The van der Waals surface area contributed by atoms with Gasteiger partial charge in [0.2, 0.25) is 0 Å². The molecule has 1 aliphatic carbocycles. The Morgan fingerprint density at radius 2 is 2.06 bits per heavy atom. The third-order valence-corrected chi connectivity index (χ3v) is 3.39. The zero-order chi connectivity index (χ0) is 13.1. The highest BCUT2D eigenvalue weighted by Gasteiger charge is 2.23. The lowest BCUT2D eigenvalue weighted by Gasteiger charge is -2.31. The molecule has 0 aromatic carbocycles. The second kappa shape index (κ2) is 5.12. The minimum Gasteiger partial charge on any atom is -0.369 e. The number of rotatable bonds is 3. The van der Waals surface area contributed by atoms with Crippen LogP contribution in [0.25, 0.3) is 0 Å². The first-order valence-corrected chi connectivity index (χ1v) is 5.93. The van der Waals surface area contributed by atoms with E-state index in [9.17, 15) is 14.9 Å². The topological polar surface area (TPSA) is 76.3 Å². The van der Waals surface area contributed by atoms with Crippen molar-refractivity contribution in [1.82, 2.24) is 4.98 Å². The van der Waals surface area contributed by atoms with Gasteiger partial charge in [-0.2, -0.15) is 0 Å². The summed E-state index contributed by atoms with van der Waals surface area (Å²) in [6.45, 7) is 0. The normalized spacial score (nSPS) is 16.6. The van der Waals surface area contributed by atoms with E-state index in [-0.39, 0.29) is 5.82 Å². The smallest absolute Gasteiger partial charge is 0.363 e. The maximum Gasteiger partial charge on any atom is 0.363 e. The average molecular weight is 249 g/mol. The highest BCUT2D eigenvalue weighted by Crippen LogP contribution is 2.24. The Balaban J connectivity index is 2.06. The average Bonchev–Trinajstić information content (AvgIpc) is 2.39. The van der Waals surface area contributed by atoms with E-state index in [4.69, 9.17) is 0 Å². The lowest BCUT2D eigenvalue weighted by atomic mass is 9.93. The molecule has 6 nitrogen and oxygen atoms in total. The summed E-state index contributed by atoms with van der Waals surface area (Å²) in [5.74, 6) is 0.174. The molecule has 18 heavy (non-hydrogen) atoms. The number of Topliss-reactive ketones (excluding diaryl/α,β-unsaturated/α-hetero) is 1. The molecule has 0 amide bonds. The summed E-state index contributed by atoms with van der Waals surface area (Å²) in [6.07, 6.45) is 4.43. The van der Waals surface area contributed by atoms with Crippen LogP contribution in [0.3, 0.4) is 0 Å². The number of carbonyl (C=O) groups is 1. The van der Waals surface area contributed by atoms with Crippen LogP contribution in [0.5, 0.6) is 0 Å². The summed E-state index contributed by atoms with van der Waals surface area (Å²) in [4.78, 5) is 27.0. The number of pyridine rings is 1. The van der Waals surface area contributed by atoms with Crippen LogP contribution in [0.1, 0.15) is 25.7 Å². The van der Waals surface area contributed by atoms with E-state index < -0.39 is 4.92 Å². The van der Waals surface area contributed by atoms with Crippen LogP contribution in [-0.2, 0) is 4.79 Å². The van der Waals surface area contributed by atoms with E-state index in [1.54, 1.807) is 6.07 Å². The van der Waals surface area contributed by atoms with Crippen molar-refractivity contribution in [3.8, 4) is 0 Å². The van der Waals surface area contributed by atoms with E-state index in [1.165, 1.54) is 12.3 Å². The quantitative estimate of drug-likeness (QED) is 0.604. The summed E-state index contributed by atoms with van der Waals surface area (Å²) in [7, 11) is 1.93. The van der Waals surface area contributed by atoms with E-state index in [0.29, 0.717) is 24.7 Å². The van der Waals surface area contributed by atoms with Crippen LogP contribution in [0.15, 0.2) is 18.3 Å². The number of carbonyl (C=O) groups excluding carboxylic acids is 1. The SMILES string of the molecule is CN(c1ccc([N+](=O)[O-])nc1)C1CCC(=O)CC1. The van der Waals surface area contributed by atoms with Gasteiger partial charge in [0.05, 0.1) is 5.69 Å². The Hall–Kier alpha value is -1.98. The van der Waals surface area contributed by atoms with E-state index >= 15 is 0 Å². The number of nitrogens with zero attached hydrogens (tertiary/aromatic N) is 3. The summed E-state index contributed by atoms with van der Waals surface area (Å²) < 4.78 is 0. The van der Waals surface area contributed by atoms with Crippen LogP contribution < -0.4 is 4.90 Å². The summed E-state index contributed by atoms with van der Waals surface area (Å²) in [5.41, 5.74) is 0.847. The van der Waals surface area contributed by atoms with Gasteiger partial charge in [0.15, 0.2) is 6.20 Å². The molecule has 0 spiro atoms. The Morgan fingerprint density at radius 1 is 1.39 bits per heavy atom. The zero-order valence-corrected chi connectivity index (χ0v) is 10.2. The van der Waals surface area contributed by atoms with Gasteiger partial charge in [-0.05, 0) is 28.8 Å². The van der Waals surface area contributed by atoms with Crippen molar-refractivity contribution in [2.24, 2.45) is 0 Å². The standard InChI is InChI=1S/C12H15N3O3/c1-14(9-2-5-11(16)6-3-9)10-4-7-12(13-8-10)15(17)18/h4,7-9H,2-3,5-6H2,1H3. The Bertz CT molecular complexity index is 448. The van der Waals surface area contributed by atoms with Crippen LogP contribution in [-0.4, -0.2) is 28.8 Å². The second-order valence-electron chi connectivity index (χ2n) is 4.51. The molecular formula is C12H15N3O3. The molecule has 96 valence electrons. The maximum atomic E-state index is 11.2. The first kappa shape index (κ1) is 12.5. The van der Waals surface area contributed by atoms with E-state index in [0.717, 1.165) is 18.5 Å². The number of hydrogen-bond acceptors (Lipinski definition) is 5. The van der Waals surface area contributed by atoms with Gasteiger partial charge in [0, 0.05) is 32.0 Å². The number of nitro groups is 1. The van der Waals surface area contributed by atoms with Crippen LogP contribution >= 0.6 is 0 Å². The van der Waals surface area contributed by atoms with Crippen molar-refractivity contribution in [3.05, 3.63) is 28.4 Å². The number of hydrogen-bond donors (Lipinski definition) is 0. The molecule has 0 atom stereocenters. The highest BCUT2D eigenvalue weighted by molar-refractivity contribution is 5.79. The van der Waals surface area contributed by atoms with Crippen LogP contribution in [0.4, 0.5) is 11.5 Å². The van der Waals surface area contributed by atoms with E-state index in [2.05, 4.69) is 4.98 Å². The van der Waals surface area contributed by atoms with Gasteiger partial charge < -0.3 is 15.0 Å². The molecule has 0 N–H and O–H groups in total. The first-order chi connectivity index (χ1) is 8.58. The second-order valence-corrected chi connectivity index (χ2v) is 4.51. The highest BCUT2D eigenvalue weighted by atomic mass is 16.6. The predicted molar refractivity (Wildman–Crippen MR) is 66.6 cm³/mol. The predicted octanol–water partition coefficient (Wildman–Crippen LogP) is 1.94. The molecule has 1 aliphatic rings. The van der Waals surface area contributed by atoms with Gasteiger partial charge in [0.1, 0.15) is 5.78 Å². The van der Waals surface area contributed by atoms with Crippen molar-refractivity contribution in [2.75, 3.05) is 11.9 Å². The van der Waals surface area contributed by atoms with Gasteiger partial charge in [-0.25, -0.2) is 0 Å². The number of ketones is 1. The van der Waals surface area contributed by atoms with E-state index in [1.807, 2.05) is 11.9 Å². The summed E-state index contributed by atoms with van der Waals surface area (Å²) in [6, 6.07) is 3.41. The van der Waals surface area contributed by atoms with Gasteiger partial charge >= 0.3 is 5.82 Å².